The first-order chi connectivity index (χ1) is 12.2. The molecule has 2 fully saturated rings. The van der Waals surface area contributed by atoms with Crippen molar-refractivity contribution >= 4 is 5.91 Å². The van der Waals surface area contributed by atoms with Gasteiger partial charge in [-0.15, -0.1) is 0 Å². The van der Waals surface area contributed by atoms with Crippen LogP contribution in [0.3, 0.4) is 0 Å². The van der Waals surface area contributed by atoms with E-state index in [-0.39, 0.29) is 18.0 Å². The Balaban J connectivity index is 1.52. The molecule has 2 atom stereocenters. The molecule has 3 rings (SSSR count). The lowest BCUT2D eigenvalue weighted by Gasteiger charge is -2.25. The van der Waals surface area contributed by atoms with Crippen molar-refractivity contribution in [1.82, 2.24) is 10.6 Å². The van der Waals surface area contributed by atoms with Crippen molar-refractivity contribution in [2.45, 2.75) is 64.0 Å². The van der Waals surface area contributed by atoms with Gasteiger partial charge in [-0.2, -0.15) is 0 Å². The molecule has 1 aromatic rings. The van der Waals surface area contributed by atoms with E-state index in [2.05, 4.69) is 22.8 Å². The molecule has 0 spiro atoms. The van der Waals surface area contributed by atoms with Crippen LogP contribution in [-0.2, 0) is 4.79 Å². The van der Waals surface area contributed by atoms with Crippen molar-refractivity contribution in [2.75, 3.05) is 13.7 Å². The second kappa shape index (κ2) is 8.70. The first-order valence-electron chi connectivity index (χ1n) is 9.85. The highest BCUT2D eigenvalue weighted by molar-refractivity contribution is 5.81. The fourth-order valence-corrected chi connectivity index (χ4v) is 3.88. The molecule has 2 aliphatic rings. The Labute approximate surface area is 151 Å². The summed E-state index contributed by atoms with van der Waals surface area (Å²) in [6.07, 6.45) is 8.98. The summed E-state index contributed by atoms with van der Waals surface area (Å²) in [5.41, 5.74) is 1.25. The van der Waals surface area contributed by atoms with E-state index in [1.165, 1.54) is 50.5 Å². The summed E-state index contributed by atoms with van der Waals surface area (Å²) in [6, 6.07) is 8.31. The molecule has 4 heteroatoms. The van der Waals surface area contributed by atoms with Crippen molar-refractivity contribution in [3.8, 4) is 5.75 Å². The van der Waals surface area contributed by atoms with E-state index in [1.54, 1.807) is 7.11 Å². The third-order valence-electron chi connectivity index (χ3n) is 5.68. The van der Waals surface area contributed by atoms with Gasteiger partial charge in [0.1, 0.15) is 5.75 Å². The Morgan fingerprint density at radius 3 is 2.40 bits per heavy atom. The summed E-state index contributed by atoms with van der Waals surface area (Å²) in [6.45, 7) is 2.82. The zero-order chi connectivity index (χ0) is 17.6. The molecule has 0 aliphatic heterocycles. The van der Waals surface area contributed by atoms with Gasteiger partial charge in [0.05, 0.1) is 13.2 Å². The third kappa shape index (κ3) is 5.21. The highest BCUT2D eigenvalue weighted by Crippen LogP contribution is 2.41. The Kier molecular flexibility index (Phi) is 6.35. The van der Waals surface area contributed by atoms with Crippen LogP contribution in [0.4, 0.5) is 0 Å². The van der Waals surface area contributed by atoms with Gasteiger partial charge in [0.15, 0.2) is 0 Å². The van der Waals surface area contributed by atoms with Gasteiger partial charge in [0.2, 0.25) is 5.91 Å². The molecule has 0 bridgehead atoms. The highest BCUT2D eigenvalue weighted by Gasteiger charge is 2.34. The third-order valence-corrected chi connectivity index (χ3v) is 5.68. The zero-order valence-corrected chi connectivity index (χ0v) is 15.6. The molecule has 2 N–H and O–H groups in total. The Morgan fingerprint density at radius 1 is 1.12 bits per heavy atom. The van der Waals surface area contributed by atoms with Gasteiger partial charge in [-0.05, 0) is 62.1 Å². The minimum atomic E-state index is -0.170. The standard InChI is InChI=1S/C21H32N2O2/c1-15(21(24)22-14-16-6-4-3-5-7-16)23-20(17-8-9-17)18-10-12-19(25-2)13-11-18/h10-13,15-17,20,23H,3-9,14H2,1-2H3,(H,22,24). The minimum Gasteiger partial charge on any atom is -0.497 e. The van der Waals surface area contributed by atoms with Crippen molar-refractivity contribution in [2.24, 2.45) is 11.8 Å². The van der Waals surface area contributed by atoms with Crippen LogP contribution in [0.15, 0.2) is 24.3 Å². The smallest absolute Gasteiger partial charge is 0.236 e. The van der Waals surface area contributed by atoms with Crippen LogP contribution in [0.5, 0.6) is 5.75 Å². The van der Waals surface area contributed by atoms with Gasteiger partial charge in [0.25, 0.3) is 0 Å². The molecule has 0 heterocycles. The lowest BCUT2D eigenvalue weighted by atomic mass is 9.89. The van der Waals surface area contributed by atoms with Crippen LogP contribution in [0.1, 0.15) is 63.5 Å². The normalized spacial score (nSPS) is 20.7. The number of amides is 1. The largest absolute Gasteiger partial charge is 0.497 e. The molecule has 0 aromatic heterocycles. The lowest BCUT2D eigenvalue weighted by Crippen LogP contribution is -2.45. The maximum Gasteiger partial charge on any atom is 0.236 e. The number of benzene rings is 1. The number of ether oxygens (including phenoxy) is 1. The zero-order valence-electron chi connectivity index (χ0n) is 15.6. The monoisotopic (exact) mass is 344 g/mol. The summed E-state index contributed by atoms with van der Waals surface area (Å²) in [7, 11) is 1.68. The SMILES string of the molecule is COc1ccc(C(NC(C)C(=O)NCC2CCCCC2)C2CC2)cc1. The van der Waals surface area contributed by atoms with Crippen LogP contribution in [0.25, 0.3) is 0 Å². The van der Waals surface area contributed by atoms with Crippen molar-refractivity contribution in [3.05, 3.63) is 29.8 Å². The molecule has 2 unspecified atom stereocenters. The predicted octanol–water partition coefficient (Wildman–Crippen LogP) is 3.82. The average molecular weight is 344 g/mol. The number of methoxy groups -OCH3 is 1. The number of carbonyl (C=O) groups excluding carboxylic acids is 1. The van der Waals surface area contributed by atoms with E-state index in [4.69, 9.17) is 4.74 Å². The fraction of sp³-hybridized carbons (Fsp3) is 0.667. The summed E-state index contributed by atoms with van der Waals surface area (Å²) >= 11 is 0. The molecular formula is C21H32N2O2. The molecule has 1 amide bonds. The van der Waals surface area contributed by atoms with Gasteiger partial charge in [-0.25, -0.2) is 0 Å². The molecule has 0 saturated heterocycles. The topological polar surface area (TPSA) is 50.4 Å². The summed E-state index contributed by atoms with van der Waals surface area (Å²) in [4.78, 5) is 12.5. The van der Waals surface area contributed by atoms with Gasteiger partial charge in [-0.1, -0.05) is 31.4 Å². The first-order valence-corrected chi connectivity index (χ1v) is 9.85. The van der Waals surface area contributed by atoms with Crippen LogP contribution in [0, 0.1) is 11.8 Å². The molecule has 25 heavy (non-hydrogen) atoms. The number of rotatable bonds is 8. The van der Waals surface area contributed by atoms with Crippen LogP contribution in [0.2, 0.25) is 0 Å². The van der Waals surface area contributed by atoms with Gasteiger partial charge in [-0.3, -0.25) is 10.1 Å². The number of carbonyl (C=O) groups is 1. The molecule has 2 saturated carbocycles. The highest BCUT2D eigenvalue weighted by atomic mass is 16.5. The van der Waals surface area contributed by atoms with Crippen molar-refractivity contribution in [1.29, 1.82) is 0 Å². The predicted molar refractivity (Wildman–Crippen MR) is 101 cm³/mol. The summed E-state index contributed by atoms with van der Waals surface area (Å²) < 4.78 is 5.25. The van der Waals surface area contributed by atoms with E-state index >= 15 is 0 Å². The number of hydrogen-bond donors (Lipinski definition) is 2. The molecule has 2 aliphatic carbocycles. The maximum atomic E-state index is 12.5. The summed E-state index contributed by atoms with van der Waals surface area (Å²) in [5, 5.41) is 6.73. The lowest BCUT2D eigenvalue weighted by molar-refractivity contribution is -0.123. The average Bonchev–Trinajstić information content (AvgIpc) is 3.50. The van der Waals surface area contributed by atoms with Gasteiger partial charge < -0.3 is 10.1 Å². The molecule has 138 valence electrons. The first kappa shape index (κ1) is 18.2. The Bertz CT molecular complexity index is 548. The van der Waals surface area contributed by atoms with Crippen LogP contribution in [-0.4, -0.2) is 25.6 Å². The molecule has 4 nitrogen and oxygen atoms in total. The van der Waals surface area contributed by atoms with E-state index in [0.717, 1.165) is 12.3 Å². The van der Waals surface area contributed by atoms with E-state index in [1.807, 2.05) is 19.1 Å². The Hall–Kier alpha value is -1.55. The van der Waals surface area contributed by atoms with Crippen molar-refractivity contribution < 1.29 is 9.53 Å². The number of nitrogens with one attached hydrogen (secondary N) is 2. The van der Waals surface area contributed by atoms with Crippen LogP contribution < -0.4 is 15.4 Å². The van der Waals surface area contributed by atoms with Gasteiger partial charge in [0, 0.05) is 12.6 Å². The fourth-order valence-electron chi connectivity index (χ4n) is 3.88. The van der Waals surface area contributed by atoms with Gasteiger partial charge >= 0.3 is 0 Å². The van der Waals surface area contributed by atoms with E-state index in [9.17, 15) is 4.79 Å². The number of hydrogen-bond acceptors (Lipinski definition) is 3. The Morgan fingerprint density at radius 2 is 1.80 bits per heavy atom. The molecular weight excluding hydrogens is 312 g/mol. The van der Waals surface area contributed by atoms with E-state index in [0.29, 0.717) is 11.8 Å². The molecule has 1 aromatic carbocycles. The second-order valence-electron chi connectivity index (χ2n) is 7.73. The van der Waals surface area contributed by atoms with Crippen LogP contribution >= 0.6 is 0 Å². The minimum absolute atomic E-state index is 0.129. The van der Waals surface area contributed by atoms with Crippen molar-refractivity contribution in [3.63, 3.8) is 0 Å². The van der Waals surface area contributed by atoms with E-state index < -0.39 is 0 Å². The maximum absolute atomic E-state index is 12.5. The molecule has 0 radical (unpaired) electrons. The summed E-state index contributed by atoms with van der Waals surface area (Å²) in [5.74, 6) is 2.31. The quantitative estimate of drug-likeness (QED) is 0.754. The second-order valence-corrected chi connectivity index (χ2v) is 7.73.